The van der Waals surface area contributed by atoms with Crippen molar-refractivity contribution in [1.82, 2.24) is 4.90 Å². The summed E-state index contributed by atoms with van der Waals surface area (Å²) in [6.45, 7) is 8.06. The van der Waals surface area contributed by atoms with Crippen LogP contribution in [0.3, 0.4) is 0 Å². The Morgan fingerprint density at radius 1 is 1.20 bits per heavy atom. The fourth-order valence-electron chi connectivity index (χ4n) is 3.65. The Balaban J connectivity index is 2.33. The summed E-state index contributed by atoms with van der Waals surface area (Å²) in [4.78, 5) is 2.55. The molecule has 1 nitrogen and oxygen atoms in total. The first-order valence-electron chi connectivity index (χ1n) is 7.96. The third-order valence-electron chi connectivity index (χ3n) is 5.03. The van der Waals surface area contributed by atoms with E-state index in [4.69, 9.17) is 11.6 Å². The highest BCUT2D eigenvalue weighted by molar-refractivity contribution is 6.30. The molecule has 1 aliphatic carbocycles. The van der Waals surface area contributed by atoms with Gasteiger partial charge in [0.15, 0.2) is 0 Å². The highest BCUT2D eigenvalue weighted by atomic mass is 35.5. The second-order valence-electron chi connectivity index (χ2n) is 6.74. The van der Waals surface area contributed by atoms with E-state index in [1.54, 1.807) is 0 Å². The third-order valence-corrected chi connectivity index (χ3v) is 5.28. The van der Waals surface area contributed by atoms with Crippen molar-refractivity contribution in [1.29, 1.82) is 0 Å². The lowest BCUT2D eigenvalue weighted by Gasteiger charge is -2.52. The molecule has 2 rings (SSSR count). The van der Waals surface area contributed by atoms with Gasteiger partial charge in [-0.05, 0) is 56.5 Å². The summed E-state index contributed by atoms with van der Waals surface area (Å²) in [5.41, 5.74) is 1.83. The molecule has 20 heavy (non-hydrogen) atoms. The van der Waals surface area contributed by atoms with Crippen molar-refractivity contribution in [3.63, 3.8) is 0 Å². The molecule has 1 fully saturated rings. The predicted molar refractivity (Wildman–Crippen MR) is 88.5 cm³/mol. The Morgan fingerprint density at radius 2 is 1.80 bits per heavy atom. The Labute approximate surface area is 129 Å². The molecule has 0 radical (unpaired) electrons. The highest BCUT2D eigenvalue weighted by Gasteiger charge is 2.46. The highest BCUT2D eigenvalue weighted by Crippen LogP contribution is 2.49. The van der Waals surface area contributed by atoms with Gasteiger partial charge in [0, 0.05) is 16.5 Å². The lowest BCUT2D eigenvalue weighted by Crippen LogP contribution is -2.53. The Hall–Kier alpha value is -0.530. The van der Waals surface area contributed by atoms with Crippen LogP contribution in [-0.4, -0.2) is 24.5 Å². The zero-order valence-corrected chi connectivity index (χ0v) is 14.1. The second-order valence-corrected chi connectivity index (χ2v) is 7.17. The van der Waals surface area contributed by atoms with Crippen molar-refractivity contribution in [3.05, 3.63) is 34.9 Å². The largest absolute Gasteiger partial charge is 0.303 e. The molecule has 2 heteroatoms. The van der Waals surface area contributed by atoms with Crippen molar-refractivity contribution in [2.75, 3.05) is 13.6 Å². The average Bonchev–Trinajstić information content (AvgIpc) is 2.37. The molecule has 0 heterocycles. The van der Waals surface area contributed by atoms with Crippen LogP contribution in [0.2, 0.25) is 5.02 Å². The summed E-state index contributed by atoms with van der Waals surface area (Å²) in [7, 11) is 2.28. The van der Waals surface area contributed by atoms with E-state index in [1.807, 2.05) is 0 Å². The van der Waals surface area contributed by atoms with E-state index in [9.17, 15) is 0 Å². The van der Waals surface area contributed by atoms with Gasteiger partial charge in [-0.15, -0.1) is 0 Å². The molecule has 0 spiro atoms. The lowest BCUT2D eigenvalue weighted by atomic mass is 9.58. The molecule has 1 aromatic rings. The maximum absolute atomic E-state index is 6.07. The van der Waals surface area contributed by atoms with Crippen molar-refractivity contribution >= 4 is 11.6 Å². The summed E-state index contributed by atoms with van der Waals surface area (Å²) in [6, 6.07) is 9.24. The topological polar surface area (TPSA) is 3.24 Å². The minimum atomic E-state index is 0.347. The third kappa shape index (κ3) is 3.04. The van der Waals surface area contributed by atoms with Crippen molar-refractivity contribution < 1.29 is 0 Å². The number of hydrogen-bond donors (Lipinski definition) is 0. The van der Waals surface area contributed by atoms with Crippen molar-refractivity contribution in [2.24, 2.45) is 5.92 Å². The number of halogens is 1. The minimum Gasteiger partial charge on any atom is -0.303 e. The first-order chi connectivity index (χ1) is 9.49. The zero-order valence-electron chi connectivity index (χ0n) is 13.3. The monoisotopic (exact) mass is 293 g/mol. The first kappa shape index (κ1) is 15.9. The van der Waals surface area contributed by atoms with Crippen LogP contribution >= 0.6 is 11.6 Å². The van der Waals surface area contributed by atoms with Gasteiger partial charge in [0.2, 0.25) is 0 Å². The van der Waals surface area contributed by atoms with Crippen LogP contribution in [-0.2, 0) is 5.41 Å². The standard InChI is InChI=1S/C18H28ClN/c1-5-20(4)17(13-14(2)3)18(11-6-12-18)15-7-9-16(19)10-8-15/h7-10,14,17H,5-6,11-13H2,1-4H3. The molecule has 1 unspecified atom stereocenters. The molecule has 1 aliphatic rings. The maximum Gasteiger partial charge on any atom is 0.0406 e. The zero-order chi connectivity index (χ0) is 14.8. The van der Waals surface area contributed by atoms with E-state index in [0.29, 0.717) is 11.5 Å². The molecule has 0 aliphatic heterocycles. The van der Waals surface area contributed by atoms with Gasteiger partial charge >= 0.3 is 0 Å². The van der Waals surface area contributed by atoms with E-state index < -0.39 is 0 Å². The molecular weight excluding hydrogens is 266 g/mol. The van der Waals surface area contributed by atoms with Crippen LogP contribution in [0.1, 0.15) is 52.0 Å². The quantitative estimate of drug-likeness (QED) is 0.703. The number of benzene rings is 1. The van der Waals surface area contributed by atoms with E-state index in [-0.39, 0.29) is 0 Å². The number of rotatable bonds is 6. The number of nitrogens with zero attached hydrogens (tertiary/aromatic N) is 1. The summed E-state index contributed by atoms with van der Waals surface area (Å²) in [5.74, 6) is 0.735. The van der Waals surface area contributed by atoms with E-state index in [2.05, 4.69) is 57.0 Å². The SMILES string of the molecule is CCN(C)C(CC(C)C)C1(c2ccc(Cl)cc2)CCC1. The molecular formula is C18H28ClN. The Kier molecular flexibility index (Phi) is 5.14. The summed E-state index contributed by atoms with van der Waals surface area (Å²) < 4.78 is 0. The van der Waals surface area contributed by atoms with E-state index >= 15 is 0 Å². The molecule has 112 valence electrons. The van der Waals surface area contributed by atoms with Gasteiger partial charge in [0.1, 0.15) is 0 Å². The van der Waals surface area contributed by atoms with Crippen LogP contribution in [0.4, 0.5) is 0 Å². The van der Waals surface area contributed by atoms with Gasteiger partial charge in [0.05, 0.1) is 0 Å². The summed E-state index contributed by atoms with van der Waals surface area (Å²) >= 11 is 6.07. The van der Waals surface area contributed by atoms with Crippen molar-refractivity contribution in [2.45, 2.75) is 57.9 Å². The van der Waals surface area contributed by atoms with Gasteiger partial charge < -0.3 is 4.90 Å². The van der Waals surface area contributed by atoms with Crippen molar-refractivity contribution in [3.8, 4) is 0 Å². The van der Waals surface area contributed by atoms with Gasteiger partial charge in [-0.25, -0.2) is 0 Å². The second kappa shape index (κ2) is 6.49. The molecule has 0 bridgehead atoms. The lowest BCUT2D eigenvalue weighted by molar-refractivity contribution is 0.0679. The smallest absolute Gasteiger partial charge is 0.0406 e. The summed E-state index contributed by atoms with van der Waals surface area (Å²) in [6.07, 6.45) is 5.26. The molecule has 0 saturated heterocycles. The minimum absolute atomic E-state index is 0.347. The van der Waals surface area contributed by atoms with Crippen LogP contribution in [0.5, 0.6) is 0 Å². The van der Waals surface area contributed by atoms with Crippen LogP contribution in [0, 0.1) is 5.92 Å². The van der Waals surface area contributed by atoms with Crippen LogP contribution in [0.15, 0.2) is 24.3 Å². The van der Waals surface area contributed by atoms with Gasteiger partial charge in [-0.3, -0.25) is 0 Å². The fraction of sp³-hybridized carbons (Fsp3) is 0.667. The predicted octanol–water partition coefficient (Wildman–Crippen LogP) is 5.13. The molecule has 1 atom stereocenters. The fourth-order valence-corrected chi connectivity index (χ4v) is 3.77. The van der Waals surface area contributed by atoms with E-state index in [1.165, 1.54) is 31.2 Å². The molecule has 1 saturated carbocycles. The Bertz CT molecular complexity index is 420. The molecule has 0 aromatic heterocycles. The van der Waals surface area contributed by atoms with Gasteiger partial charge in [-0.1, -0.05) is 50.9 Å². The van der Waals surface area contributed by atoms with E-state index in [0.717, 1.165) is 17.5 Å². The molecule has 0 N–H and O–H groups in total. The first-order valence-corrected chi connectivity index (χ1v) is 8.33. The Morgan fingerprint density at radius 3 is 2.20 bits per heavy atom. The number of likely N-dealkylation sites (N-methyl/N-ethyl adjacent to an activating group) is 1. The summed E-state index contributed by atoms with van der Waals surface area (Å²) in [5, 5.41) is 0.840. The number of hydrogen-bond acceptors (Lipinski definition) is 1. The normalized spacial score (nSPS) is 19.1. The van der Waals surface area contributed by atoms with Crippen LogP contribution < -0.4 is 0 Å². The van der Waals surface area contributed by atoms with Crippen LogP contribution in [0.25, 0.3) is 0 Å². The average molecular weight is 294 g/mol. The van der Waals surface area contributed by atoms with Gasteiger partial charge in [-0.2, -0.15) is 0 Å². The molecule has 0 amide bonds. The maximum atomic E-state index is 6.07. The van der Waals surface area contributed by atoms with Gasteiger partial charge in [0.25, 0.3) is 0 Å². The molecule has 1 aromatic carbocycles.